The lowest BCUT2D eigenvalue weighted by Gasteiger charge is -2.22. The molecule has 1 aromatic carbocycles. The lowest BCUT2D eigenvalue weighted by Crippen LogP contribution is -2.37. The number of nitrogens with one attached hydrogen (secondary N) is 1. The molecule has 1 saturated heterocycles. The number of rotatable bonds is 5. The SMILES string of the molecule is NCC(CC(=O)N1CCCC1)Nc1ccc(Cl)c(Br)c1. The van der Waals surface area contributed by atoms with Gasteiger partial charge >= 0.3 is 0 Å². The van der Waals surface area contributed by atoms with Crippen molar-refractivity contribution >= 4 is 39.1 Å². The summed E-state index contributed by atoms with van der Waals surface area (Å²) in [5.41, 5.74) is 6.67. The Hall–Kier alpha value is -0.780. The van der Waals surface area contributed by atoms with Gasteiger partial charge in [0.2, 0.25) is 5.91 Å². The van der Waals surface area contributed by atoms with Crippen molar-refractivity contribution in [3.63, 3.8) is 0 Å². The summed E-state index contributed by atoms with van der Waals surface area (Å²) in [5.74, 6) is 0.179. The first-order chi connectivity index (χ1) is 9.60. The van der Waals surface area contributed by atoms with E-state index in [9.17, 15) is 4.79 Å². The fourth-order valence-electron chi connectivity index (χ4n) is 2.32. The summed E-state index contributed by atoms with van der Waals surface area (Å²) < 4.78 is 0.825. The van der Waals surface area contributed by atoms with Gasteiger partial charge in [-0.3, -0.25) is 4.79 Å². The van der Waals surface area contributed by atoms with Gasteiger partial charge in [0, 0.05) is 42.3 Å². The number of likely N-dealkylation sites (tertiary alicyclic amines) is 1. The van der Waals surface area contributed by atoms with Gasteiger partial charge in [-0.25, -0.2) is 0 Å². The van der Waals surface area contributed by atoms with Gasteiger partial charge in [0.1, 0.15) is 0 Å². The molecular formula is C14H19BrClN3O. The Morgan fingerprint density at radius 3 is 2.75 bits per heavy atom. The van der Waals surface area contributed by atoms with Crippen molar-refractivity contribution in [3.05, 3.63) is 27.7 Å². The average molecular weight is 361 g/mol. The van der Waals surface area contributed by atoms with Crippen LogP contribution in [0.5, 0.6) is 0 Å². The lowest BCUT2D eigenvalue weighted by molar-refractivity contribution is -0.130. The first-order valence-electron chi connectivity index (χ1n) is 6.79. The van der Waals surface area contributed by atoms with E-state index in [-0.39, 0.29) is 11.9 Å². The lowest BCUT2D eigenvalue weighted by atomic mass is 10.1. The summed E-state index contributed by atoms with van der Waals surface area (Å²) in [6.07, 6.45) is 2.64. The van der Waals surface area contributed by atoms with Crippen molar-refractivity contribution in [1.82, 2.24) is 4.90 Å². The van der Waals surface area contributed by atoms with Crippen LogP contribution in [0, 0.1) is 0 Å². The molecule has 110 valence electrons. The first-order valence-corrected chi connectivity index (χ1v) is 7.96. The Morgan fingerprint density at radius 2 is 2.15 bits per heavy atom. The Morgan fingerprint density at radius 1 is 1.45 bits per heavy atom. The standard InChI is InChI=1S/C14H19BrClN3O/c15-12-7-10(3-4-13(12)16)18-11(9-17)8-14(20)19-5-1-2-6-19/h3-4,7,11,18H,1-2,5-6,8-9,17H2. The van der Waals surface area contributed by atoms with Crippen LogP contribution >= 0.6 is 27.5 Å². The minimum absolute atomic E-state index is 0.0591. The highest BCUT2D eigenvalue weighted by atomic mass is 79.9. The van der Waals surface area contributed by atoms with Gasteiger partial charge in [0.05, 0.1) is 5.02 Å². The molecule has 1 aliphatic rings. The highest BCUT2D eigenvalue weighted by molar-refractivity contribution is 9.10. The monoisotopic (exact) mass is 359 g/mol. The molecule has 1 amide bonds. The van der Waals surface area contributed by atoms with Crippen LogP contribution in [0.1, 0.15) is 19.3 Å². The molecule has 1 atom stereocenters. The summed E-state index contributed by atoms with van der Waals surface area (Å²) >= 11 is 9.35. The van der Waals surface area contributed by atoms with Crippen LogP contribution in [-0.4, -0.2) is 36.5 Å². The number of hydrogen-bond acceptors (Lipinski definition) is 3. The zero-order chi connectivity index (χ0) is 14.5. The van der Waals surface area contributed by atoms with Crippen molar-refractivity contribution < 1.29 is 4.79 Å². The number of nitrogens with zero attached hydrogens (tertiary/aromatic N) is 1. The smallest absolute Gasteiger partial charge is 0.224 e. The van der Waals surface area contributed by atoms with Crippen LogP contribution in [0.25, 0.3) is 0 Å². The topological polar surface area (TPSA) is 58.4 Å². The molecule has 6 heteroatoms. The number of carbonyl (C=O) groups is 1. The fourth-order valence-corrected chi connectivity index (χ4v) is 2.82. The molecule has 1 aliphatic heterocycles. The Balaban J connectivity index is 1.94. The molecule has 0 spiro atoms. The molecule has 1 aromatic rings. The largest absolute Gasteiger partial charge is 0.380 e. The molecule has 1 fully saturated rings. The van der Waals surface area contributed by atoms with Crippen LogP contribution in [0.15, 0.2) is 22.7 Å². The molecule has 0 aliphatic carbocycles. The number of amides is 1. The second-order valence-electron chi connectivity index (χ2n) is 5.00. The highest BCUT2D eigenvalue weighted by Gasteiger charge is 2.21. The fraction of sp³-hybridized carbons (Fsp3) is 0.500. The van der Waals surface area contributed by atoms with Crippen molar-refractivity contribution in [2.24, 2.45) is 5.73 Å². The molecule has 0 bridgehead atoms. The summed E-state index contributed by atoms with van der Waals surface area (Å²) in [5, 5.41) is 3.95. The van der Waals surface area contributed by atoms with E-state index in [4.69, 9.17) is 17.3 Å². The molecule has 0 radical (unpaired) electrons. The van der Waals surface area contributed by atoms with E-state index < -0.39 is 0 Å². The normalized spacial score (nSPS) is 16.2. The number of halogens is 2. The molecule has 0 saturated carbocycles. The van der Waals surface area contributed by atoms with Gasteiger partial charge < -0.3 is 16.0 Å². The maximum Gasteiger partial charge on any atom is 0.224 e. The summed E-state index contributed by atoms with van der Waals surface area (Å²) in [6.45, 7) is 2.17. The van der Waals surface area contributed by atoms with Crippen molar-refractivity contribution in [2.45, 2.75) is 25.3 Å². The number of benzene rings is 1. The maximum absolute atomic E-state index is 12.1. The second kappa shape index (κ2) is 7.29. The molecule has 1 heterocycles. The Bertz CT molecular complexity index is 477. The van der Waals surface area contributed by atoms with Crippen LogP contribution in [-0.2, 0) is 4.79 Å². The van der Waals surface area contributed by atoms with Gasteiger partial charge in [0.15, 0.2) is 0 Å². The van der Waals surface area contributed by atoms with Crippen molar-refractivity contribution in [1.29, 1.82) is 0 Å². The van der Waals surface area contributed by atoms with Gasteiger partial charge in [-0.1, -0.05) is 11.6 Å². The van der Waals surface area contributed by atoms with Crippen molar-refractivity contribution in [3.8, 4) is 0 Å². The average Bonchev–Trinajstić information content (AvgIpc) is 2.96. The molecule has 4 nitrogen and oxygen atoms in total. The highest BCUT2D eigenvalue weighted by Crippen LogP contribution is 2.26. The van der Waals surface area contributed by atoms with E-state index in [1.165, 1.54) is 0 Å². The number of hydrogen-bond donors (Lipinski definition) is 2. The van der Waals surface area contributed by atoms with Gasteiger partial charge in [-0.15, -0.1) is 0 Å². The second-order valence-corrected chi connectivity index (χ2v) is 6.26. The quantitative estimate of drug-likeness (QED) is 0.849. The van der Waals surface area contributed by atoms with Gasteiger partial charge in [-0.2, -0.15) is 0 Å². The summed E-state index contributed by atoms with van der Waals surface area (Å²) in [6, 6.07) is 5.53. The van der Waals surface area contributed by atoms with E-state index in [1.807, 2.05) is 23.1 Å². The first kappa shape index (κ1) is 15.6. The predicted molar refractivity (Wildman–Crippen MR) is 86.0 cm³/mol. The maximum atomic E-state index is 12.1. The third-order valence-electron chi connectivity index (χ3n) is 3.45. The third-order valence-corrected chi connectivity index (χ3v) is 4.67. The molecule has 2 rings (SSSR count). The number of nitrogens with two attached hydrogens (primary N) is 1. The molecule has 1 unspecified atom stereocenters. The molecule has 20 heavy (non-hydrogen) atoms. The van der Waals surface area contributed by atoms with Gasteiger partial charge in [-0.05, 0) is 47.0 Å². The minimum Gasteiger partial charge on any atom is -0.380 e. The van der Waals surface area contributed by atoms with E-state index in [1.54, 1.807) is 0 Å². The Labute approximate surface area is 132 Å². The molecular weight excluding hydrogens is 342 g/mol. The minimum atomic E-state index is -0.0591. The molecule has 3 N–H and O–H groups in total. The summed E-state index contributed by atoms with van der Waals surface area (Å²) in [7, 11) is 0. The zero-order valence-corrected chi connectivity index (χ0v) is 13.6. The van der Waals surface area contributed by atoms with E-state index >= 15 is 0 Å². The van der Waals surface area contributed by atoms with Crippen LogP contribution in [0.4, 0.5) is 5.69 Å². The van der Waals surface area contributed by atoms with Crippen LogP contribution in [0.3, 0.4) is 0 Å². The molecule has 0 aromatic heterocycles. The van der Waals surface area contributed by atoms with E-state index in [0.29, 0.717) is 18.0 Å². The number of carbonyl (C=O) groups excluding carboxylic acids is 1. The van der Waals surface area contributed by atoms with E-state index in [0.717, 1.165) is 36.1 Å². The van der Waals surface area contributed by atoms with Crippen molar-refractivity contribution in [2.75, 3.05) is 25.0 Å². The van der Waals surface area contributed by atoms with Crippen LogP contribution in [0.2, 0.25) is 5.02 Å². The number of anilines is 1. The Kier molecular flexibility index (Phi) is 5.69. The third kappa shape index (κ3) is 4.11. The van der Waals surface area contributed by atoms with Gasteiger partial charge in [0.25, 0.3) is 0 Å². The predicted octanol–water partition coefficient (Wildman–Crippen LogP) is 2.85. The van der Waals surface area contributed by atoms with E-state index in [2.05, 4.69) is 21.2 Å². The van der Waals surface area contributed by atoms with Crippen LogP contribution < -0.4 is 11.1 Å². The zero-order valence-electron chi connectivity index (χ0n) is 11.2. The summed E-state index contributed by atoms with van der Waals surface area (Å²) in [4.78, 5) is 14.0.